The third kappa shape index (κ3) is 4.73. The second-order valence-corrected chi connectivity index (χ2v) is 6.98. The van der Waals surface area contributed by atoms with Crippen LogP contribution in [-0.2, 0) is 16.6 Å². The van der Waals surface area contributed by atoms with Crippen LogP contribution in [0.3, 0.4) is 0 Å². The summed E-state index contributed by atoms with van der Waals surface area (Å²) in [6.07, 6.45) is 1.16. The number of nitrogens with zero attached hydrogens (tertiary/aromatic N) is 3. The predicted molar refractivity (Wildman–Crippen MR) is 83.5 cm³/mol. The number of hydrogen-bond acceptors (Lipinski definition) is 5. The van der Waals surface area contributed by atoms with Gasteiger partial charge in [-0.15, -0.1) is 0 Å². The maximum atomic E-state index is 11.0. The summed E-state index contributed by atoms with van der Waals surface area (Å²) in [5.41, 5.74) is 1.89. The van der Waals surface area contributed by atoms with E-state index in [1.54, 1.807) is 0 Å². The second kappa shape index (κ2) is 6.46. The average Bonchev–Trinajstić information content (AvgIpc) is 2.37. The Morgan fingerprint density at radius 3 is 2.67 bits per heavy atom. The molecule has 0 aliphatic carbocycles. The Morgan fingerprint density at radius 2 is 1.95 bits per heavy atom. The molecule has 1 heterocycles. The number of likely N-dealkylation sites (N-methyl/N-ethyl adjacent to an activating group) is 1. The van der Waals surface area contributed by atoms with E-state index in [1.807, 2.05) is 43.1 Å². The van der Waals surface area contributed by atoms with Gasteiger partial charge in [-0.1, -0.05) is 18.2 Å². The highest BCUT2D eigenvalue weighted by atomic mass is 32.2. The largest absolute Gasteiger partial charge is 0.298 e. The molecule has 0 fully saturated rings. The van der Waals surface area contributed by atoms with Crippen molar-refractivity contribution in [1.29, 1.82) is 0 Å². The SMILES string of the molecule is Cc1nc(CN(C)CCNS(C)(=O)=O)nc2ccccc12. The van der Waals surface area contributed by atoms with E-state index < -0.39 is 10.0 Å². The third-order valence-corrected chi connectivity index (χ3v) is 3.84. The van der Waals surface area contributed by atoms with Gasteiger partial charge in [0.1, 0.15) is 5.82 Å². The molecule has 0 saturated heterocycles. The molecule has 114 valence electrons. The number of benzene rings is 1. The van der Waals surface area contributed by atoms with Crippen molar-refractivity contribution in [3.63, 3.8) is 0 Å². The highest BCUT2D eigenvalue weighted by Gasteiger charge is 2.08. The maximum absolute atomic E-state index is 11.0. The van der Waals surface area contributed by atoms with Gasteiger partial charge in [0.25, 0.3) is 0 Å². The highest BCUT2D eigenvalue weighted by molar-refractivity contribution is 7.88. The van der Waals surface area contributed by atoms with Crippen LogP contribution in [0.2, 0.25) is 0 Å². The van der Waals surface area contributed by atoms with E-state index in [0.717, 1.165) is 28.7 Å². The number of fused-ring (bicyclic) bond motifs is 1. The van der Waals surface area contributed by atoms with Crippen LogP contribution in [-0.4, -0.2) is 49.7 Å². The molecule has 2 rings (SSSR count). The number of aryl methyl sites for hydroxylation is 1. The smallest absolute Gasteiger partial charge is 0.208 e. The van der Waals surface area contributed by atoms with Crippen LogP contribution in [0.5, 0.6) is 0 Å². The summed E-state index contributed by atoms with van der Waals surface area (Å²) in [4.78, 5) is 11.0. The van der Waals surface area contributed by atoms with Crippen LogP contribution in [0.15, 0.2) is 24.3 Å². The van der Waals surface area contributed by atoms with Gasteiger partial charge < -0.3 is 0 Å². The molecule has 0 amide bonds. The fourth-order valence-electron chi connectivity index (χ4n) is 2.11. The molecule has 0 atom stereocenters. The summed E-state index contributed by atoms with van der Waals surface area (Å²) < 4.78 is 24.5. The zero-order valence-electron chi connectivity index (χ0n) is 12.5. The lowest BCUT2D eigenvalue weighted by Gasteiger charge is -2.16. The molecule has 0 radical (unpaired) electrons. The lowest BCUT2D eigenvalue weighted by atomic mass is 10.2. The zero-order chi connectivity index (χ0) is 15.5. The van der Waals surface area contributed by atoms with Gasteiger partial charge in [-0.3, -0.25) is 4.90 Å². The molecule has 1 aromatic carbocycles. The first kappa shape index (κ1) is 15.8. The van der Waals surface area contributed by atoms with Gasteiger partial charge in [-0.25, -0.2) is 23.1 Å². The van der Waals surface area contributed by atoms with Crippen molar-refractivity contribution in [2.45, 2.75) is 13.5 Å². The quantitative estimate of drug-likeness (QED) is 0.859. The number of hydrogen-bond donors (Lipinski definition) is 1. The van der Waals surface area contributed by atoms with E-state index in [0.29, 0.717) is 19.6 Å². The van der Waals surface area contributed by atoms with Gasteiger partial charge in [0.05, 0.1) is 18.3 Å². The summed E-state index contributed by atoms with van der Waals surface area (Å²) in [6, 6.07) is 7.91. The first-order chi connectivity index (χ1) is 9.85. The Labute approximate surface area is 125 Å². The normalized spacial score (nSPS) is 12.2. The minimum atomic E-state index is -3.14. The molecule has 0 aliphatic heterocycles. The Kier molecular flexibility index (Phi) is 4.87. The van der Waals surface area contributed by atoms with E-state index in [1.165, 1.54) is 0 Å². The first-order valence-electron chi connectivity index (χ1n) is 6.70. The van der Waals surface area contributed by atoms with Crippen molar-refractivity contribution in [1.82, 2.24) is 19.6 Å². The maximum Gasteiger partial charge on any atom is 0.208 e. The van der Waals surface area contributed by atoms with Crippen LogP contribution in [0.1, 0.15) is 11.5 Å². The van der Waals surface area contributed by atoms with Crippen molar-refractivity contribution in [3.8, 4) is 0 Å². The first-order valence-corrected chi connectivity index (χ1v) is 8.60. The van der Waals surface area contributed by atoms with Crippen LogP contribution in [0.4, 0.5) is 0 Å². The minimum Gasteiger partial charge on any atom is -0.298 e. The summed E-state index contributed by atoms with van der Waals surface area (Å²) in [5, 5.41) is 1.06. The molecule has 7 heteroatoms. The second-order valence-electron chi connectivity index (χ2n) is 5.15. The summed E-state index contributed by atoms with van der Waals surface area (Å²) in [5.74, 6) is 0.744. The highest BCUT2D eigenvalue weighted by Crippen LogP contribution is 2.14. The monoisotopic (exact) mass is 308 g/mol. The van der Waals surface area contributed by atoms with E-state index in [4.69, 9.17) is 0 Å². The van der Waals surface area contributed by atoms with Gasteiger partial charge in [0.15, 0.2) is 0 Å². The molecule has 0 bridgehead atoms. The van der Waals surface area contributed by atoms with E-state index >= 15 is 0 Å². The molecule has 1 aromatic heterocycles. The Balaban J connectivity index is 2.02. The molecule has 0 unspecified atom stereocenters. The number of para-hydroxylation sites is 1. The van der Waals surface area contributed by atoms with Crippen molar-refractivity contribution in [3.05, 3.63) is 35.8 Å². The fourth-order valence-corrected chi connectivity index (χ4v) is 2.57. The van der Waals surface area contributed by atoms with Crippen LogP contribution in [0, 0.1) is 6.92 Å². The molecule has 0 aliphatic rings. The third-order valence-electron chi connectivity index (χ3n) is 3.11. The molecule has 0 saturated carbocycles. The van der Waals surface area contributed by atoms with E-state index in [9.17, 15) is 8.42 Å². The number of sulfonamides is 1. The van der Waals surface area contributed by atoms with Gasteiger partial charge >= 0.3 is 0 Å². The summed E-state index contributed by atoms with van der Waals surface area (Å²) >= 11 is 0. The summed E-state index contributed by atoms with van der Waals surface area (Å²) in [6.45, 7) is 3.53. The lowest BCUT2D eigenvalue weighted by Crippen LogP contribution is -2.32. The Morgan fingerprint density at radius 1 is 1.24 bits per heavy atom. The van der Waals surface area contributed by atoms with Gasteiger partial charge in [0.2, 0.25) is 10.0 Å². The molecular formula is C14H20N4O2S. The number of nitrogens with one attached hydrogen (secondary N) is 1. The Hall–Kier alpha value is -1.57. The molecule has 2 aromatic rings. The average molecular weight is 308 g/mol. The fraction of sp³-hybridized carbons (Fsp3) is 0.429. The van der Waals surface area contributed by atoms with Crippen LogP contribution >= 0.6 is 0 Å². The number of aromatic nitrogens is 2. The molecule has 6 nitrogen and oxygen atoms in total. The van der Waals surface area contributed by atoms with Crippen molar-refractivity contribution in [2.24, 2.45) is 0 Å². The van der Waals surface area contributed by atoms with E-state index in [2.05, 4.69) is 14.7 Å². The van der Waals surface area contributed by atoms with Crippen molar-refractivity contribution < 1.29 is 8.42 Å². The zero-order valence-corrected chi connectivity index (χ0v) is 13.3. The van der Waals surface area contributed by atoms with Gasteiger partial charge in [-0.2, -0.15) is 0 Å². The lowest BCUT2D eigenvalue weighted by molar-refractivity contribution is 0.323. The number of rotatable bonds is 6. The summed E-state index contributed by atoms with van der Waals surface area (Å²) in [7, 11) is -1.22. The minimum absolute atomic E-state index is 0.377. The van der Waals surface area contributed by atoms with Gasteiger partial charge in [0, 0.05) is 24.2 Å². The molecular weight excluding hydrogens is 288 g/mol. The Bertz CT molecular complexity index is 731. The van der Waals surface area contributed by atoms with Crippen LogP contribution < -0.4 is 4.72 Å². The standard InChI is InChI=1S/C14H20N4O2S/c1-11-12-6-4-5-7-13(12)17-14(16-11)10-18(2)9-8-15-21(3,19)20/h4-7,15H,8-10H2,1-3H3. The topological polar surface area (TPSA) is 75.2 Å². The van der Waals surface area contributed by atoms with E-state index in [-0.39, 0.29) is 0 Å². The van der Waals surface area contributed by atoms with Crippen molar-refractivity contribution >= 4 is 20.9 Å². The van der Waals surface area contributed by atoms with Crippen LogP contribution in [0.25, 0.3) is 10.9 Å². The van der Waals surface area contributed by atoms with Gasteiger partial charge in [-0.05, 0) is 20.0 Å². The molecule has 1 N–H and O–H groups in total. The predicted octanol–water partition coefficient (Wildman–Crippen LogP) is 0.919. The molecule has 21 heavy (non-hydrogen) atoms. The molecule has 0 spiro atoms. The van der Waals surface area contributed by atoms with Crippen molar-refractivity contribution in [2.75, 3.05) is 26.4 Å².